The van der Waals surface area contributed by atoms with Gasteiger partial charge in [-0.15, -0.1) is 0 Å². The maximum Gasteiger partial charge on any atom is 0.318 e. The highest BCUT2D eigenvalue weighted by molar-refractivity contribution is 5.82. The predicted octanol–water partition coefficient (Wildman–Crippen LogP) is 0.713. The molecule has 1 aromatic carbocycles. The van der Waals surface area contributed by atoms with Gasteiger partial charge in [-0.1, -0.05) is 12.1 Å². The van der Waals surface area contributed by atoms with Crippen LogP contribution in [-0.2, 0) is 19.8 Å². The number of esters is 1. The topological polar surface area (TPSA) is 81.8 Å². The van der Waals surface area contributed by atoms with E-state index in [1.165, 1.54) is 19.2 Å². The number of aromatic hydroxyl groups is 1. The lowest BCUT2D eigenvalue weighted by Gasteiger charge is -2.25. The molecule has 0 aromatic heterocycles. The van der Waals surface area contributed by atoms with E-state index < -0.39 is 11.4 Å². The van der Waals surface area contributed by atoms with Crippen molar-refractivity contribution < 1.29 is 19.5 Å². The number of nitrogens with two attached hydrogens (primary N) is 1. The highest BCUT2D eigenvalue weighted by Gasteiger charge is 2.36. The van der Waals surface area contributed by atoms with Crippen molar-refractivity contribution in [1.29, 1.82) is 0 Å². The smallest absolute Gasteiger partial charge is 0.318 e. The normalized spacial score (nSPS) is 14.2. The molecule has 0 saturated carbocycles. The van der Waals surface area contributed by atoms with Gasteiger partial charge in [-0.2, -0.15) is 0 Å². The number of methoxy groups -OCH3 is 1. The van der Waals surface area contributed by atoms with E-state index in [1.807, 2.05) is 0 Å². The first-order chi connectivity index (χ1) is 7.54. The van der Waals surface area contributed by atoms with Crippen molar-refractivity contribution >= 4 is 5.97 Å². The molecular weight excluding hydrogens is 210 g/mol. The average Bonchev–Trinajstić information content (AvgIpc) is 2.29. The first-order valence-corrected chi connectivity index (χ1v) is 4.74. The highest BCUT2D eigenvalue weighted by Crippen LogP contribution is 2.27. The van der Waals surface area contributed by atoms with E-state index in [4.69, 9.17) is 10.6 Å². The van der Waals surface area contributed by atoms with Crippen molar-refractivity contribution in [3.63, 3.8) is 0 Å². The van der Waals surface area contributed by atoms with Crippen molar-refractivity contribution in [2.75, 3.05) is 13.7 Å². The fraction of sp³-hybridized carbons (Fsp3) is 0.364. The molecule has 0 amide bonds. The summed E-state index contributed by atoms with van der Waals surface area (Å²) in [5.74, 6) is 4.71. The molecule has 0 spiro atoms. The number of ether oxygens (including phenoxy) is 1. The summed E-state index contributed by atoms with van der Waals surface area (Å²) in [5, 5.41) is 9.18. The zero-order valence-corrected chi connectivity index (χ0v) is 9.27. The highest BCUT2D eigenvalue weighted by atomic mass is 16.6. The molecule has 0 aliphatic carbocycles. The summed E-state index contributed by atoms with van der Waals surface area (Å²) in [7, 11) is 1.30. The Bertz CT molecular complexity index is 363. The molecule has 0 radical (unpaired) electrons. The number of hydrogen-bond acceptors (Lipinski definition) is 5. The van der Waals surface area contributed by atoms with E-state index >= 15 is 0 Å². The molecule has 0 aliphatic heterocycles. The Morgan fingerprint density at radius 1 is 1.44 bits per heavy atom. The Morgan fingerprint density at radius 2 is 2.00 bits per heavy atom. The largest absolute Gasteiger partial charge is 0.508 e. The van der Waals surface area contributed by atoms with E-state index in [0.29, 0.717) is 5.56 Å². The molecule has 1 aromatic rings. The van der Waals surface area contributed by atoms with Gasteiger partial charge in [-0.25, -0.2) is 5.90 Å². The summed E-state index contributed by atoms with van der Waals surface area (Å²) in [6.45, 7) is 1.67. The number of rotatable bonds is 4. The lowest BCUT2D eigenvalue weighted by Crippen LogP contribution is -2.39. The van der Waals surface area contributed by atoms with Crippen LogP contribution in [0, 0.1) is 0 Å². The third-order valence-electron chi connectivity index (χ3n) is 2.51. The van der Waals surface area contributed by atoms with E-state index in [2.05, 4.69) is 4.84 Å². The summed E-state index contributed by atoms with van der Waals surface area (Å²) < 4.78 is 4.72. The van der Waals surface area contributed by atoms with Crippen LogP contribution in [0.4, 0.5) is 0 Å². The third kappa shape index (κ3) is 2.32. The first kappa shape index (κ1) is 12.5. The minimum absolute atomic E-state index is 0.00441. The number of carbonyl (C=O) groups excluding carboxylic acids is 1. The molecule has 1 atom stereocenters. The molecule has 0 fully saturated rings. The molecular formula is C11H15NO4. The third-order valence-corrected chi connectivity index (χ3v) is 2.51. The molecule has 88 valence electrons. The van der Waals surface area contributed by atoms with Crippen molar-refractivity contribution in [1.82, 2.24) is 0 Å². The Hall–Kier alpha value is -1.59. The molecule has 16 heavy (non-hydrogen) atoms. The van der Waals surface area contributed by atoms with Crippen LogP contribution in [0.15, 0.2) is 24.3 Å². The van der Waals surface area contributed by atoms with Crippen LogP contribution >= 0.6 is 0 Å². The van der Waals surface area contributed by atoms with Gasteiger partial charge in [0.05, 0.1) is 13.7 Å². The molecule has 0 bridgehead atoms. The Labute approximate surface area is 93.7 Å². The van der Waals surface area contributed by atoms with Gasteiger partial charge in [-0.05, 0) is 24.6 Å². The second kappa shape index (κ2) is 4.96. The van der Waals surface area contributed by atoms with E-state index in [0.717, 1.165) is 0 Å². The minimum atomic E-state index is -0.975. The van der Waals surface area contributed by atoms with Crippen LogP contribution < -0.4 is 5.90 Å². The first-order valence-electron chi connectivity index (χ1n) is 4.74. The summed E-state index contributed by atoms with van der Waals surface area (Å²) in [4.78, 5) is 16.2. The van der Waals surface area contributed by atoms with Crippen molar-refractivity contribution in [2.45, 2.75) is 12.3 Å². The second-order valence-corrected chi connectivity index (χ2v) is 3.68. The Kier molecular flexibility index (Phi) is 3.87. The average molecular weight is 225 g/mol. The van der Waals surface area contributed by atoms with Gasteiger partial charge in [0.25, 0.3) is 0 Å². The fourth-order valence-electron chi connectivity index (χ4n) is 1.48. The number of phenolic OH excluding ortho intramolecular Hbond substituents is 1. The molecule has 0 saturated heterocycles. The SMILES string of the molecule is COC(=O)C(C)(CON)c1ccc(O)cc1. The van der Waals surface area contributed by atoms with Crippen molar-refractivity contribution in [2.24, 2.45) is 5.90 Å². The maximum absolute atomic E-state index is 11.7. The Balaban J connectivity index is 3.10. The monoisotopic (exact) mass is 225 g/mol. The summed E-state index contributed by atoms with van der Waals surface area (Å²) in [5.41, 5.74) is -0.306. The number of benzene rings is 1. The van der Waals surface area contributed by atoms with E-state index in [9.17, 15) is 9.90 Å². The van der Waals surface area contributed by atoms with Gasteiger partial charge < -0.3 is 14.7 Å². The zero-order chi connectivity index (χ0) is 12.2. The fourth-order valence-corrected chi connectivity index (χ4v) is 1.48. The van der Waals surface area contributed by atoms with Gasteiger partial charge in [0, 0.05) is 0 Å². The van der Waals surface area contributed by atoms with Gasteiger partial charge in [0.1, 0.15) is 11.2 Å². The maximum atomic E-state index is 11.7. The van der Waals surface area contributed by atoms with Crippen LogP contribution in [0.25, 0.3) is 0 Å². The molecule has 5 heteroatoms. The van der Waals surface area contributed by atoms with E-state index in [1.54, 1.807) is 19.1 Å². The molecule has 0 heterocycles. The second-order valence-electron chi connectivity index (χ2n) is 3.68. The quantitative estimate of drug-likeness (QED) is 0.582. The Morgan fingerprint density at radius 3 is 2.44 bits per heavy atom. The summed E-state index contributed by atoms with van der Waals surface area (Å²) in [6, 6.07) is 6.25. The standard InChI is InChI=1S/C11H15NO4/c1-11(7-16-12,10(14)15-2)8-3-5-9(13)6-4-8/h3-6,13H,7,12H2,1-2H3. The lowest BCUT2D eigenvalue weighted by atomic mass is 9.83. The number of hydrogen-bond donors (Lipinski definition) is 2. The summed E-state index contributed by atoms with van der Waals surface area (Å²) in [6.07, 6.45) is 0. The number of phenols is 1. The minimum Gasteiger partial charge on any atom is -0.508 e. The van der Waals surface area contributed by atoms with Crippen LogP contribution in [0.3, 0.4) is 0 Å². The zero-order valence-electron chi connectivity index (χ0n) is 9.27. The summed E-state index contributed by atoms with van der Waals surface area (Å²) >= 11 is 0. The molecule has 0 aliphatic rings. The van der Waals surface area contributed by atoms with Crippen molar-refractivity contribution in [3.8, 4) is 5.75 Å². The molecule has 1 unspecified atom stereocenters. The van der Waals surface area contributed by atoms with Crippen LogP contribution in [0.5, 0.6) is 5.75 Å². The number of carbonyl (C=O) groups is 1. The van der Waals surface area contributed by atoms with E-state index in [-0.39, 0.29) is 12.4 Å². The molecule has 3 N–H and O–H groups in total. The van der Waals surface area contributed by atoms with Crippen LogP contribution in [0.2, 0.25) is 0 Å². The predicted molar refractivity (Wildman–Crippen MR) is 57.6 cm³/mol. The van der Waals surface area contributed by atoms with Gasteiger partial charge in [0.15, 0.2) is 0 Å². The lowest BCUT2D eigenvalue weighted by molar-refractivity contribution is -0.149. The van der Waals surface area contributed by atoms with Gasteiger partial charge in [0.2, 0.25) is 0 Å². The van der Waals surface area contributed by atoms with Crippen molar-refractivity contribution in [3.05, 3.63) is 29.8 Å². The van der Waals surface area contributed by atoms with Gasteiger partial charge >= 0.3 is 5.97 Å². The molecule has 1 rings (SSSR count). The van der Waals surface area contributed by atoms with Crippen LogP contribution in [0.1, 0.15) is 12.5 Å². The van der Waals surface area contributed by atoms with Gasteiger partial charge in [-0.3, -0.25) is 4.79 Å². The molecule has 5 nitrogen and oxygen atoms in total. The van der Waals surface area contributed by atoms with Crippen LogP contribution in [-0.4, -0.2) is 24.8 Å².